The van der Waals surface area contributed by atoms with Crippen molar-refractivity contribution >= 4 is 28.1 Å². The maximum absolute atomic E-state index is 11.4. The molecule has 0 amide bonds. The predicted octanol–water partition coefficient (Wildman–Crippen LogP) is 3.59. The van der Waals surface area contributed by atoms with Gasteiger partial charge in [0.1, 0.15) is 5.82 Å². The number of aromatic nitrogens is 1. The smallest absolute Gasteiger partial charge is 0.311 e. The number of fused-ring (bicyclic) bond motifs is 1. The second-order valence-electron chi connectivity index (χ2n) is 6.39. The minimum atomic E-state index is -0.401. The fourth-order valence-electron chi connectivity index (χ4n) is 3.31. The van der Waals surface area contributed by atoms with Gasteiger partial charge >= 0.3 is 5.69 Å². The van der Waals surface area contributed by atoms with E-state index in [4.69, 9.17) is 4.74 Å². The van der Waals surface area contributed by atoms with E-state index in [0.717, 1.165) is 35.2 Å². The second kappa shape index (κ2) is 7.59. The number of benzene rings is 2. The molecule has 1 aliphatic rings. The number of ether oxygens (including phenoxy) is 1. The summed E-state index contributed by atoms with van der Waals surface area (Å²) in [6.07, 6.45) is 0. The highest BCUT2D eigenvalue weighted by Gasteiger charge is 2.19. The number of morpholine rings is 1. The SMILES string of the molecule is O=[N+]([O-])c1ccc(N2CCOCC2)nc1NCc1cccc2ccccc12. The number of rotatable bonds is 5. The Labute approximate surface area is 156 Å². The van der Waals surface area contributed by atoms with E-state index in [2.05, 4.69) is 33.4 Å². The first-order chi connectivity index (χ1) is 13.2. The van der Waals surface area contributed by atoms with E-state index >= 15 is 0 Å². The lowest BCUT2D eigenvalue weighted by Gasteiger charge is -2.28. The van der Waals surface area contributed by atoms with Crippen LogP contribution in [0.5, 0.6) is 0 Å². The van der Waals surface area contributed by atoms with E-state index in [9.17, 15) is 10.1 Å². The molecule has 138 valence electrons. The van der Waals surface area contributed by atoms with Crippen molar-refractivity contribution in [1.29, 1.82) is 0 Å². The Balaban J connectivity index is 1.62. The van der Waals surface area contributed by atoms with Crippen molar-refractivity contribution in [1.82, 2.24) is 4.98 Å². The van der Waals surface area contributed by atoms with Crippen LogP contribution >= 0.6 is 0 Å². The Morgan fingerprint density at radius 3 is 2.67 bits per heavy atom. The molecule has 1 aliphatic heterocycles. The van der Waals surface area contributed by atoms with Crippen LogP contribution in [0.1, 0.15) is 5.56 Å². The molecule has 4 rings (SSSR count). The third-order valence-electron chi connectivity index (χ3n) is 4.72. The van der Waals surface area contributed by atoms with Gasteiger partial charge in [0.25, 0.3) is 0 Å². The molecular weight excluding hydrogens is 344 g/mol. The predicted molar refractivity (Wildman–Crippen MR) is 105 cm³/mol. The standard InChI is InChI=1S/C20H20N4O3/c25-24(26)18-8-9-19(23-10-12-27-13-11-23)22-20(18)21-14-16-6-3-5-15-4-1-2-7-17(15)16/h1-9H,10-14H2,(H,21,22). The molecular formula is C20H20N4O3. The molecule has 2 aromatic carbocycles. The number of nitro groups is 1. The van der Waals surface area contributed by atoms with Crippen LogP contribution in [0.15, 0.2) is 54.6 Å². The van der Waals surface area contributed by atoms with E-state index < -0.39 is 4.92 Å². The third kappa shape index (κ3) is 3.68. The molecule has 27 heavy (non-hydrogen) atoms. The van der Waals surface area contributed by atoms with Gasteiger partial charge in [0.2, 0.25) is 5.82 Å². The molecule has 3 aromatic rings. The molecule has 0 bridgehead atoms. The summed E-state index contributed by atoms with van der Waals surface area (Å²) in [7, 11) is 0. The first-order valence-electron chi connectivity index (χ1n) is 8.91. The van der Waals surface area contributed by atoms with Crippen LogP contribution in [0.4, 0.5) is 17.3 Å². The van der Waals surface area contributed by atoms with Crippen molar-refractivity contribution in [3.63, 3.8) is 0 Å². The molecule has 7 nitrogen and oxygen atoms in total. The first kappa shape index (κ1) is 17.2. The highest BCUT2D eigenvalue weighted by Crippen LogP contribution is 2.27. The van der Waals surface area contributed by atoms with Crippen molar-refractivity contribution in [2.75, 3.05) is 36.5 Å². The van der Waals surface area contributed by atoms with Crippen LogP contribution in [-0.4, -0.2) is 36.2 Å². The van der Waals surface area contributed by atoms with Gasteiger partial charge in [0.05, 0.1) is 18.1 Å². The molecule has 2 heterocycles. The van der Waals surface area contributed by atoms with Gasteiger partial charge in [-0.05, 0) is 22.4 Å². The van der Waals surface area contributed by atoms with Gasteiger partial charge in [0, 0.05) is 25.7 Å². The van der Waals surface area contributed by atoms with Gasteiger partial charge in [-0.25, -0.2) is 4.98 Å². The lowest BCUT2D eigenvalue weighted by Crippen LogP contribution is -2.36. The Morgan fingerprint density at radius 1 is 1.07 bits per heavy atom. The van der Waals surface area contributed by atoms with Crippen molar-refractivity contribution in [2.24, 2.45) is 0 Å². The lowest BCUT2D eigenvalue weighted by molar-refractivity contribution is -0.384. The number of hydrogen-bond donors (Lipinski definition) is 1. The average molecular weight is 364 g/mol. The Morgan fingerprint density at radius 2 is 1.85 bits per heavy atom. The maximum atomic E-state index is 11.4. The van der Waals surface area contributed by atoms with Gasteiger partial charge in [-0.1, -0.05) is 42.5 Å². The Hall–Kier alpha value is -3.19. The summed E-state index contributed by atoms with van der Waals surface area (Å²) in [6.45, 7) is 3.19. The van der Waals surface area contributed by atoms with Crippen LogP contribution in [-0.2, 0) is 11.3 Å². The average Bonchev–Trinajstić information content (AvgIpc) is 2.72. The summed E-state index contributed by atoms with van der Waals surface area (Å²) in [4.78, 5) is 17.6. The highest BCUT2D eigenvalue weighted by molar-refractivity contribution is 5.85. The fraction of sp³-hybridized carbons (Fsp3) is 0.250. The summed E-state index contributed by atoms with van der Waals surface area (Å²) >= 11 is 0. The molecule has 1 aromatic heterocycles. The van der Waals surface area contributed by atoms with E-state index in [0.29, 0.717) is 19.8 Å². The summed E-state index contributed by atoms with van der Waals surface area (Å²) in [6, 6.07) is 17.4. The summed E-state index contributed by atoms with van der Waals surface area (Å²) in [5.41, 5.74) is 1.05. The number of pyridine rings is 1. The summed E-state index contributed by atoms with van der Waals surface area (Å²) in [5.74, 6) is 1.02. The lowest BCUT2D eigenvalue weighted by atomic mass is 10.0. The van der Waals surface area contributed by atoms with Crippen molar-refractivity contribution in [3.8, 4) is 0 Å². The Kier molecular flexibility index (Phi) is 4.84. The van der Waals surface area contributed by atoms with Gasteiger partial charge in [-0.3, -0.25) is 10.1 Å². The van der Waals surface area contributed by atoms with Crippen molar-refractivity contribution < 1.29 is 9.66 Å². The Bertz CT molecular complexity index is 965. The summed E-state index contributed by atoms with van der Waals surface area (Å²) in [5, 5.41) is 16.9. The third-order valence-corrected chi connectivity index (χ3v) is 4.72. The normalized spacial score (nSPS) is 14.3. The molecule has 0 unspecified atom stereocenters. The number of nitrogens with one attached hydrogen (secondary N) is 1. The molecule has 7 heteroatoms. The second-order valence-corrected chi connectivity index (χ2v) is 6.39. The van der Waals surface area contributed by atoms with E-state index in [1.54, 1.807) is 6.07 Å². The van der Waals surface area contributed by atoms with E-state index in [-0.39, 0.29) is 11.5 Å². The van der Waals surface area contributed by atoms with Gasteiger partial charge in [-0.15, -0.1) is 0 Å². The first-order valence-corrected chi connectivity index (χ1v) is 8.91. The van der Waals surface area contributed by atoms with Crippen molar-refractivity contribution in [3.05, 3.63) is 70.3 Å². The molecule has 0 aliphatic carbocycles. The van der Waals surface area contributed by atoms with E-state index in [1.807, 2.05) is 24.3 Å². The van der Waals surface area contributed by atoms with Crippen LogP contribution in [0.3, 0.4) is 0 Å². The number of nitrogens with zero attached hydrogens (tertiary/aromatic N) is 3. The van der Waals surface area contributed by atoms with Crippen LogP contribution in [0.2, 0.25) is 0 Å². The maximum Gasteiger partial charge on any atom is 0.311 e. The topological polar surface area (TPSA) is 80.5 Å². The minimum Gasteiger partial charge on any atom is -0.378 e. The molecule has 1 N–H and O–H groups in total. The number of anilines is 2. The zero-order valence-corrected chi connectivity index (χ0v) is 14.8. The molecule has 0 spiro atoms. The van der Waals surface area contributed by atoms with Gasteiger partial charge < -0.3 is 15.0 Å². The molecule has 1 fully saturated rings. The highest BCUT2D eigenvalue weighted by atomic mass is 16.6. The van der Waals surface area contributed by atoms with Crippen LogP contribution in [0.25, 0.3) is 10.8 Å². The van der Waals surface area contributed by atoms with Gasteiger partial charge in [0.15, 0.2) is 0 Å². The zero-order valence-electron chi connectivity index (χ0n) is 14.8. The quantitative estimate of drug-likeness (QED) is 0.550. The molecule has 0 atom stereocenters. The van der Waals surface area contributed by atoms with Gasteiger partial charge in [-0.2, -0.15) is 0 Å². The minimum absolute atomic E-state index is 0.0211. The van der Waals surface area contributed by atoms with E-state index in [1.165, 1.54) is 6.07 Å². The van der Waals surface area contributed by atoms with Crippen LogP contribution in [0, 0.1) is 10.1 Å². The molecule has 1 saturated heterocycles. The number of hydrogen-bond acceptors (Lipinski definition) is 6. The molecule has 0 radical (unpaired) electrons. The fourth-order valence-corrected chi connectivity index (χ4v) is 3.31. The summed E-state index contributed by atoms with van der Waals surface area (Å²) < 4.78 is 5.37. The largest absolute Gasteiger partial charge is 0.378 e. The monoisotopic (exact) mass is 364 g/mol. The van der Waals surface area contributed by atoms with Crippen LogP contribution < -0.4 is 10.2 Å². The molecule has 0 saturated carbocycles. The van der Waals surface area contributed by atoms with Crippen molar-refractivity contribution in [2.45, 2.75) is 6.54 Å². The zero-order chi connectivity index (χ0) is 18.6.